The van der Waals surface area contributed by atoms with Crippen LogP contribution in [-0.4, -0.2) is 46.5 Å². The minimum atomic E-state index is -0.281. The SMILES string of the molecule is CCCCc1nc2cc(-c3ccccc3)c(CO)nc2n1Cc1ccc(-c2ccccc2-c2nnnn2C(C)OCC)cc1. The van der Waals surface area contributed by atoms with Crippen LogP contribution in [0.3, 0.4) is 0 Å². The third kappa shape index (κ3) is 5.89. The van der Waals surface area contributed by atoms with Crippen molar-refractivity contribution in [3.63, 3.8) is 0 Å². The zero-order chi connectivity index (χ0) is 30.5. The summed E-state index contributed by atoms with van der Waals surface area (Å²) in [6, 6.07) is 28.9. The van der Waals surface area contributed by atoms with Gasteiger partial charge in [-0.2, -0.15) is 4.68 Å². The zero-order valence-electron chi connectivity index (χ0n) is 25.4. The molecule has 1 N–H and O–H groups in total. The molecule has 1 atom stereocenters. The number of unbranched alkanes of at least 4 members (excludes halogenated alkanes) is 1. The van der Waals surface area contributed by atoms with Crippen LogP contribution in [0.15, 0.2) is 84.9 Å². The molecule has 3 aromatic heterocycles. The highest BCUT2D eigenvalue weighted by molar-refractivity contribution is 5.82. The molecule has 0 saturated carbocycles. The largest absolute Gasteiger partial charge is 0.390 e. The van der Waals surface area contributed by atoms with Crippen molar-refractivity contribution in [3.8, 4) is 33.6 Å². The number of ether oxygens (including phenoxy) is 1. The lowest BCUT2D eigenvalue weighted by Crippen LogP contribution is -2.12. The molecule has 0 spiro atoms. The molecule has 9 heteroatoms. The number of aromatic nitrogens is 7. The summed E-state index contributed by atoms with van der Waals surface area (Å²) in [5, 5.41) is 22.7. The topological polar surface area (TPSA) is 104 Å². The number of aryl methyl sites for hydroxylation is 1. The number of hydrogen-bond acceptors (Lipinski definition) is 7. The van der Waals surface area contributed by atoms with Gasteiger partial charge in [0.05, 0.1) is 18.8 Å². The minimum absolute atomic E-state index is 0.142. The molecule has 6 rings (SSSR count). The Hall–Kier alpha value is -4.73. The van der Waals surface area contributed by atoms with Gasteiger partial charge >= 0.3 is 0 Å². The minimum Gasteiger partial charge on any atom is -0.390 e. The summed E-state index contributed by atoms with van der Waals surface area (Å²) in [5.74, 6) is 1.67. The third-order valence-electron chi connectivity index (χ3n) is 7.89. The normalized spacial score (nSPS) is 12.2. The van der Waals surface area contributed by atoms with E-state index < -0.39 is 0 Å². The Morgan fingerprint density at radius 3 is 2.30 bits per heavy atom. The zero-order valence-corrected chi connectivity index (χ0v) is 25.4. The molecule has 0 amide bonds. The van der Waals surface area contributed by atoms with Gasteiger partial charge in [-0.1, -0.05) is 92.2 Å². The van der Waals surface area contributed by atoms with Crippen molar-refractivity contribution in [1.29, 1.82) is 0 Å². The summed E-state index contributed by atoms with van der Waals surface area (Å²) in [6.45, 7) is 7.14. The van der Waals surface area contributed by atoms with E-state index in [-0.39, 0.29) is 12.8 Å². The van der Waals surface area contributed by atoms with Crippen molar-refractivity contribution >= 4 is 11.2 Å². The van der Waals surface area contributed by atoms with E-state index in [4.69, 9.17) is 14.7 Å². The Morgan fingerprint density at radius 2 is 1.57 bits per heavy atom. The molecule has 0 fully saturated rings. The molecule has 0 bridgehead atoms. The predicted octanol–water partition coefficient (Wildman–Crippen LogP) is 6.86. The fourth-order valence-electron chi connectivity index (χ4n) is 5.64. The standard InChI is InChI=1S/C35H37N7O2/c1-4-6-16-33-36-31-21-30(26-12-8-7-9-13-26)32(23-43)37-35(31)41(33)22-25-17-19-27(20-18-25)28-14-10-11-15-29(28)34-38-39-40-42(34)24(3)44-5-2/h7-15,17-21,24,43H,4-6,16,22-23H2,1-3H3. The lowest BCUT2D eigenvalue weighted by molar-refractivity contribution is 0.0159. The molecule has 0 aliphatic carbocycles. The quantitative estimate of drug-likeness (QED) is 0.167. The monoisotopic (exact) mass is 587 g/mol. The molecule has 0 saturated heterocycles. The molecule has 9 nitrogen and oxygen atoms in total. The average Bonchev–Trinajstić information content (AvgIpc) is 3.69. The number of aliphatic hydroxyl groups is 1. The summed E-state index contributed by atoms with van der Waals surface area (Å²) >= 11 is 0. The number of imidazole rings is 1. The van der Waals surface area contributed by atoms with E-state index in [9.17, 15) is 5.11 Å². The van der Waals surface area contributed by atoms with Crippen molar-refractivity contribution in [2.45, 2.75) is 59.4 Å². The Bertz CT molecular complexity index is 1850. The number of fused-ring (bicyclic) bond motifs is 1. The van der Waals surface area contributed by atoms with Gasteiger partial charge in [0.15, 0.2) is 17.7 Å². The van der Waals surface area contributed by atoms with Crippen LogP contribution in [0.5, 0.6) is 0 Å². The van der Waals surface area contributed by atoms with Crippen LogP contribution in [0.4, 0.5) is 0 Å². The van der Waals surface area contributed by atoms with E-state index in [1.807, 2.05) is 62.4 Å². The second-order valence-corrected chi connectivity index (χ2v) is 10.8. The van der Waals surface area contributed by atoms with Crippen LogP contribution >= 0.6 is 0 Å². The fraction of sp³-hybridized carbons (Fsp3) is 0.286. The highest BCUT2D eigenvalue weighted by Crippen LogP contribution is 2.33. The van der Waals surface area contributed by atoms with Gasteiger partial charge in [-0.05, 0) is 59.0 Å². The molecule has 6 aromatic rings. The first-order chi connectivity index (χ1) is 21.6. The summed E-state index contributed by atoms with van der Waals surface area (Å²) < 4.78 is 9.68. The van der Waals surface area contributed by atoms with Gasteiger partial charge in [-0.25, -0.2) is 9.97 Å². The Kier molecular flexibility index (Phi) is 8.86. The molecule has 0 aliphatic rings. The number of benzene rings is 3. The number of rotatable bonds is 12. The summed E-state index contributed by atoms with van der Waals surface area (Å²) in [4.78, 5) is 9.99. The highest BCUT2D eigenvalue weighted by Gasteiger charge is 2.19. The van der Waals surface area contributed by atoms with E-state index in [2.05, 4.69) is 63.4 Å². The van der Waals surface area contributed by atoms with Gasteiger partial charge in [0.25, 0.3) is 0 Å². The molecule has 0 aliphatic heterocycles. The predicted molar refractivity (Wildman–Crippen MR) is 172 cm³/mol. The molecular weight excluding hydrogens is 550 g/mol. The van der Waals surface area contributed by atoms with Gasteiger partial charge in [0.1, 0.15) is 11.3 Å². The summed E-state index contributed by atoms with van der Waals surface area (Å²) in [6.07, 6.45) is 2.70. The molecule has 3 heterocycles. The van der Waals surface area contributed by atoms with Crippen LogP contribution < -0.4 is 0 Å². The number of hydrogen-bond donors (Lipinski definition) is 1. The number of tetrazole rings is 1. The van der Waals surface area contributed by atoms with Gasteiger partial charge in [-0.15, -0.1) is 5.10 Å². The average molecular weight is 588 g/mol. The van der Waals surface area contributed by atoms with Crippen molar-refractivity contribution in [3.05, 3.63) is 102 Å². The van der Waals surface area contributed by atoms with Gasteiger partial charge < -0.3 is 14.4 Å². The van der Waals surface area contributed by atoms with Gasteiger partial charge in [0.2, 0.25) is 0 Å². The molecule has 0 radical (unpaired) electrons. The summed E-state index contributed by atoms with van der Waals surface area (Å²) in [7, 11) is 0. The lowest BCUT2D eigenvalue weighted by atomic mass is 9.98. The van der Waals surface area contributed by atoms with Crippen molar-refractivity contribution in [2.75, 3.05) is 6.61 Å². The van der Waals surface area contributed by atoms with Crippen molar-refractivity contribution in [2.24, 2.45) is 0 Å². The molecule has 3 aromatic carbocycles. The molecule has 224 valence electrons. The van der Waals surface area contributed by atoms with E-state index in [1.165, 1.54) is 0 Å². The number of nitrogens with zero attached hydrogens (tertiary/aromatic N) is 7. The second-order valence-electron chi connectivity index (χ2n) is 10.8. The van der Waals surface area contributed by atoms with Gasteiger partial charge in [-0.3, -0.25) is 0 Å². The van der Waals surface area contributed by atoms with E-state index in [0.29, 0.717) is 24.7 Å². The van der Waals surface area contributed by atoms with Crippen LogP contribution in [0, 0.1) is 0 Å². The van der Waals surface area contributed by atoms with Crippen molar-refractivity contribution in [1.82, 2.24) is 34.7 Å². The van der Waals surface area contributed by atoms with Crippen LogP contribution in [-0.2, 0) is 24.3 Å². The van der Waals surface area contributed by atoms with Crippen molar-refractivity contribution < 1.29 is 9.84 Å². The molecule has 1 unspecified atom stereocenters. The van der Waals surface area contributed by atoms with Crippen LogP contribution in [0.1, 0.15) is 56.9 Å². The summed E-state index contributed by atoms with van der Waals surface area (Å²) in [5.41, 5.74) is 8.41. The maximum atomic E-state index is 10.3. The highest BCUT2D eigenvalue weighted by atomic mass is 16.5. The Morgan fingerprint density at radius 1 is 0.841 bits per heavy atom. The first-order valence-corrected chi connectivity index (χ1v) is 15.2. The van der Waals surface area contributed by atoms with Crippen LogP contribution in [0.25, 0.3) is 44.8 Å². The van der Waals surface area contributed by atoms with E-state index in [1.54, 1.807) is 4.68 Å². The smallest absolute Gasteiger partial charge is 0.185 e. The molecular formula is C35H37N7O2. The lowest BCUT2D eigenvalue weighted by Gasteiger charge is -2.15. The fourth-order valence-corrected chi connectivity index (χ4v) is 5.64. The maximum absolute atomic E-state index is 10.3. The Labute approximate surface area is 257 Å². The van der Waals surface area contributed by atoms with Crippen LogP contribution in [0.2, 0.25) is 0 Å². The first kappa shape index (κ1) is 29.3. The number of aliphatic hydroxyl groups excluding tert-OH is 1. The van der Waals surface area contributed by atoms with Gasteiger partial charge in [0, 0.05) is 24.2 Å². The Balaban J connectivity index is 1.34. The first-order valence-electron chi connectivity index (χ1n) is 15.2. The maximum Gasteiger partial charge on any atom is 0.185 e. The number of pyridine rings is 1. The van der Waals surface area contributed by atoms with E-state index >= 15 is 0 Å². The second kappa shape index (κ2) is 13.3. The molecule has 44 heavy (non-hydrogen) atoms. The van der Waals surface area contributed by atoms with E-state index in [0.717, 1.165) is 69.6 Å². The third-order valence-corrected chi connectivity index (χ3v) is 7.89.